The molecule has 0 aliphatic heterocycles. The van der Waals surface area contributed by atoms with E-state index in [0.29, 0.717) is 24.0 Å². The lowest BCUT2D eigenvalue weighted by atomic mass is 10.1. The second-order valence-corrected chi connectivity index (χ2v) is 8.24. The van der Waals surface area contributed by atoms with Crippen molar-refractivity contribution >= 4 is 22.5 Å². The van der Waals surface area contributed by atoms with E-state index in [1.807, 2.05) is 103 Å². The number of rotatable bonds is 6. The molecular weight excluding hydrogens is 442 g/mol. The Bertz CT molecular complexity index is 1460. The molecule has 0 fully saturated rings. The van der Waals surface area contributed by atoms with Crippen LogP contribution in [0, 0.1) is 11.8 Å². The number of ether oxygens (including phenoxy) is 2. The molecule has 0 aliphatic rings. The highest BCUT2D eigenvalue weighted by atomic mass is 35.5. The monoisotopic (exact) mass is 463 g/mol. The van der Waals surface area contributed by atoms with Gasteiger partial charge in [-0.3, -0.25) is 0 Å². The number of aromatic nitrogens is 1. The first kappa shape index (κ1) is 21.7. The van der Waals surface area contributed by atoms with Crippen molar-refractivity contribution in [2.45, 2.75) is 13.2 Å². The van der Waals surface area contributed by atoms with Crippen molar-refractivity contribution in [2.75, 3.05) is 0 Å². The van der Waals surface area contributed by atoms with Crippen LogP contribution in [0.2, 0.25) is 5.02 Å². The summed E-state index contributed by atoms with van der Waals surface area (Å²) < 4.78 is 12.4. The van der Waals surface area contributed by atoms with Crippen molar-refractivity contribution in [3.05, 3.63) is 131 Å². The van der Waals surface area contributed by atoms with Crippen LogP contribution in [0.15, 0.2) is 103 Å². The van der Waals surface area contributed by atoms with Crippen LogP contribution in [0.3, 0.4) is 0 Å². The average Bonchev–Trinajstić information content (AvgIpc) is 3.30. The van der Waals surface area contributed by atoms with Crippen LogP contribution in [0.5, 0.6) is 11.5 Å². The fourth-order valence-electron chi connectivity index (χ4n) is 3.67. The first-order valence-electron chi connectivity index (χ1n) is 11.0. The van der Waals surface area contributed by atoms with Gasteiger partial charge in [-0.25, -0.2) is 0 Å². The lowest BCUT2D eigenvalue weighted by Gasteiger charge is -2.11. The lowest BCUT2D eigenvalue weighted by molar-refractivity contribution is 0.298. The predicted molar refractivity (Wildman–Crippen MR) is 137 cm³/mol. The molecule has 166 valence electrons. The maximum absolute atomic E-state index is 6.28. The minimum Gasteiger partial charge on any atom is -0.488 e. The summed E-state index contributed by atoms with van der Waals surface area (Å²) in [4.78, 5) is 3.31. The van der Waals surface area contributed by atoms with E-state index in [1.165, 1.54) is 0 Å². The molecule has 0 amide bonds. The van der Waals surface area contributed by atoms with Crippen LogP contribution in [0.4, 0.5) is 0 Å². The van der Waals surface area contributed by atoms with Gasteiger partial charge in [-0.2, -0.15) is 0 Å². The largest absolute Gasteiger partial charge is 0.488 e. The van der Waals surface area contributed by atoms with Crippen LogP contribution in [0.1, 0.15) is 22.3 Å². The molecule has 5 aromatic rings. The topological polar surface area (TPSA) is 34.2 Å². The fourth-order valence-corrected chi connectivity index (χ4v) is 3.85. The molecule has 0 saturated heterocycles. The zero-order chi connectivity index (χ0) is 23.2. The van der Waals surface area contributed by atoms with Gasteiger partial charge in [0.1, 0.15) is 24.7 Å². The zero-order valence-electron chi connectivity index (χ0n) is 18.4. The van der Waals surface area contributed by atoms with Crippen molar-refractivity contribution in [2.24, 2.45) is 0 Å². The highest BCUT2D eigenvalue weighted by molar-refractivity contribution is 6.31. The molecule has 1 aromatic heterocycles. The predicted octanol–water partition coefficient (Wildman–Crippen LogP) is 7.38. The highest BCUT2D eigenvalue weighted by Crippen LogP contribution is 2.36. The van der Waals surface area contributed by atoms with Crippen molar-refractivity contribution < 1.29 is 9.47 Å². The molecule has 1 heterocycles. The maximum Gasteiger partial charge on any atom is 0.148 e. The number of halogens is 1. The number of nitrogens with one attached hydrogen (secondary N) is 1. The van der Waals surface area contributed by atoms with E-state index < -0.39 is 0 Å². The van der Waals surface area contributed by atoms with E-state index in [9.17, 15) is 0 Å². The molecular formula is C30H22ClNO2. The van der Waals surface area contributed by atoms with Gasteiger partial charge in [0, 0.05) is 17.3 Å². The van der Waals surface area contributed by atoms with Crippen molar-refractivity contribution in [1.29, 1.82) is 0 Å². The summed E-state index contributed by atoms with van der Waals surface area (Å²) in [6, 6.07) is 31.7. The molecule has 0 bridgehead atoms. The third kappa shape index (κ3) is 5.09. The summed E-state index contributed by atoms with van der Waals surface area (Å²) in [6.07, 6.45) is 1.87. The van der Waals surface area contributed by atoms with Gasteiger partial charge < -0.3 is 14.5 Å². The quantitative estimate of drug-likeness (QED) is 0.266. The fraction of sp³-hybridized carbons (Fsp3) is 0.0667. The SMILES string of the molecule is Clc1ccccc1C#Cc1cc(OCc2ccccc2)c2c(OCc3ccccc3)c[nH]c2c1. The molecule has 34 heavy (non-hydrogen) atoms. The Balaban J connectivity index is 1.49. The molecule has 4 aromatic carbocycles. The van der Waals surface area contributed by atoms with E-state index >= 15 is 0 Å². The standard InChI is InChI=1S/C30H22ClNO2/c31-26-14-8-7-13-25(26)16-15-24-17-27-30(28(18-24)33-20-22-9-3-1-4-10-22)29(19-32-27)34-21-23-11-5-2-6-12-23/h1-14,17-19,32H,20-21H2. The van der Waals surface area contributed by atoms with Gasteiger partial charge in [-0.1, -0.05) is 96.2 Å². The Morgan fingerprint density at radius 2 is 1.29 bits per heavy atom. The number of hydrogen-bond donors (Lipinski definition) is 1. The number of aromatic amines is 1. The lowest BCUT2D eigenvalue weighted by Crippen LogP contribution is -1.98. The Labute approximate surface area is 203 Å². The Morgan fingerprint density at radius 1 is 0.676 bits per heavy atom. The number of hydrogen-bond acceptors (Lipinski definition) is 2. The summed E-state index contributed by atoms with van der Waals surface area (Å²) in [6.45, 7) is 0.917. The van der Waals surface area contributed by atoms with Gasteiger partial charge >= 0.3 is 0 Å². The number of fused-ring (bicyclic) bond motifs is 1. The smallest absolute Gasteiger partial charge is 0.148 e. The maximum atomic E-state index is 6.28. The summed E-state index contributed by atoms with van der Waals surface area (Å²) >= 11 is 6.27. The summed E-state index contributed by atoms with van der Waals surface area (Å²) in [5.41, 5.74) is 4.70. The molecule has 0 saturated carbocycles. The van der Waals surface area contributed by atoms with Crippen molar-refractivity contribution in [3.8, 4) is 23.3 Å². The highest BCUT2D eigenvalue weighted by Gasteiger charge is 2.14. The van der Waals surface area contributed by atoms with Crippen LogP contribution in [-0.4, -0.2) is 4.98 Å². The van der Waals surface area contributed by atoms with E-state index in [-0.39, 0.29) is 0 Å². The second-order valence-electron chi connectivity index (χ2n) is 7.83. The van der Waals surface area contributed by atoms with Gasteiger partial charge in [0.15, 0.2) is 0 Å². The van der Waals surface area contributed by atoms with Gasteiger partial charge in [0.25, 0.3) is 0 Å². The molecule has 1 N–H and O–H groups in total. The second kappa shape index (κ2) is 10.2. The van der Waals surface area contributed by atoms with Crippen LogP contribution in [0.25, 0.3) is 10.9 Å². The first-order valence-corrected chi connectivity index (χ1v) is 11.4. The average molecular weight is 464 g/mol. The first-order chi connectivity index (χ1) is 16.8. The number of benzene rings is 4. The van der Waals surface area contributed by atoms with E-state index in [2.05, 4.69) is 16.8 Å². The molecule has 5 rings (SSSR count). The van der Waals surface area contributed by atoms with Gasteiger partial charge in [-0.05, 0) is 35.4 Å². The third-order valence-electron chi connectivity index (χ3n) is 5.40. The summed E-state index contributed by atoms with van der Waals surface area (Å²) in [5, 5.41) is 1.53. The molecule has 0 unspecified atom stereocenters. The Hall–Kier alpha value is -4.13. The van der Waals surface area contributed by atoms with E-state index in [4.69, 9.17) is 21.1 Å². The molecule has 0 atom stereocenters. The van der Waals surface area contributed by atoms with E-state index in [1.54, 1.807) is 0 Å². The van der Waals surface area contributed by atoms with Crippen LogP contribution in [-0.2, 0) is 13.2 Å². The van der Waals surface area contributed by atoms with E-state index in [0.717, 1.165) is 38.9 Å². The molecule has 4 heteroatoms. The number of H-pyrrole nitrogens is 1. The Morgan fingerprint density at radius 3 is 1.97 bits per heavy atom. The minimum absolute atomic E-state index is 0.445. The molecule has 0 radical (unpaired) electrons. The normalized spacial score (nSPS) is 10.5. The van der Waals surface area contributed by atoms with Crippen LogP contribution >= 0.6 is 11.6 Å². The molecule has 0 aliphatic carbocycles. The third-order valence-corrected chi connectivity index (χ3v) is 5.73. The molecule has 0 spiro atoms. The zero-order valence-corrected chi connectivity index (χ0v) is 19.2. The van der Waals surface area contributed by atoms with Gasteiger partial charge in [0.05, 0.1) is 15.9 Å². The summed E-state index contributed by atoms with van der Waals surface area (Å²) in [7, 11) is 0. The Kier molecular flexibility index (Phi) is 6.52. The van der Waals surface area contributed by atoms with Gasteiger partial charge in [0.2, 0.25) is 0 Å². The van der Waals surface area contributed by atoms with Crippen molar-refractivity contribution in [1.82, 2.24) is 4.98 Å². The van der Waals surface area contributed by atoms with Gasteiger partial charge in [-0.15, -0.1) is 0 Å². The summed E-state index contributed by atoms with van der Waals surface area (Å²) in [5.74, 6) is 7.85. The van der Waals surface area contributed by atoms with Crippen LogP contribution < -0.4 is 9.47 Å². The van der Waals surface area contributed by atoms with Crippen molar-refractivity contribution in [3.63, 3.8) is 0 Å². The minimum atomic E-state index is 0.445. The molecule has 3 nitrogen and oxygen atoms in total.